The Balaban J connectivity index is 1.75. The monoisotopic (exact) mass is 472 g/mol. The number of benzene rings is 3. The van der Waals surface area contributed by atoms with Gasteiger partial charge in [0.05, 0.1) is 17.1 Å². The number of para-hydroxylation sites is 1. The molecule has 0 spiro atoms. The molecule has 0 saturated carbocycles. The minimum absolute atomic E-state index is 0.0926. The van der Waals surface area contributed by atoms with Crippen LogP contribution in [0, 0.1) is 13.8 Å². The van der Waals surface area contributed by atoms with Crippen LogP contribution in [0.15, 0.2) is 77.7 Å². The van der Waals surface area contributed by atoms with Crippen LogP contribution in [0.3, 0.4) is 0 Å². The molecule has 3 rings (SSSR count). The van der Waals surface area contributed by atoms with Crippen LogP contribution in [0.25, 0.3) is 0 Å². The topological polar surface area (TPSA) is 75.7 Å². The van der Waals surface area contributed by atoms with Gasteiger partial charge in [-0.05, 0) is 55.3 Å². The average molecular weight is 473 g/mol. The molecule has 0 aliphatic carbocycles. The first-order chi connectivity index (χ1) is 15.3. The number of nitrogens with zero attached hydrogens (tertiary/aromatic N) is 1. The molecule has 0 aliphatic rings. The second kappa shape index (κ2) is 10.5. The number of hydrogen-bond donors (Lipinski definition) is 1. The summed E-state index contributed by atoms with van der Waals surface area (Å²) >= 11 is 6.23. The van der Waals surface area contributed by atoms with Gasteiger partial charge in [-0.3, -0.25) is 9.10 Å². The SMILES string of the molecule is Cc1ccccc1OCCNC(=O)CN(c1cccc(Cl)c1C)S(=O)(=O)c1ccccc1. The zero-order valence-corrected chi connectivity index (χ0v) is 19.5. The Kier molecular flexibility index (Phi) is 7.77. The maximum absolute atomic E-state index is 13.4. The van der Waals surface area contributed by atoms with E-state index in [-0.39, 0.29) is 24.6 Å². The molecule has 0 fully saturated rings. The summed E-state index contributed by atoms with van der Waals surface area (Å²) in [4.78, 5) is 12.8. The minimum Gasteiger partial charge on any atom is -0.491 e. The molecule has 0 atom stereocenters. The lowest BCUT2D eigenvalue weighted by Crippen LogP contribution is -2.42. The van der Waals surface area contributed by atoms with E-state index in [9.17, 15) is 13.2 Å². The molecule has 168 valence electrons. The molecule has 1 N–H and O–H groups in total. The van der Waals surface area contributed by atoms with Crippen molar-refractivity contribution >= 4 is 33.2 Å². The van der Waals surface area contributed by atoms with Gasteiger partial charge in [0.1, 0.15) is 18.9 Å². The highest BCUT2D eigenvalue weighted by atomic mass is 35.5. The van der Waals surface area contributed by atoms with Gasteiger partial charge in [-0.15, -0.1) is 0 Å². The summed E-state index contributed by atoms with van der Waals surface area (Å²) in [6.45, 7) is 3.77. The number of halogens is 1. The van der Waals surface area contributed by atoms with Crippen LogP contribution >= 0.6 is 11.6 Å². The largest absolute Gasteiger partial charge is 0.491 e. The molecule has 0 radical (unpaired) electrons. The number of anilines is 1. The van der Waals surface area contributed by atoms with Gasteiger partial charge >= 0.3 is 0 Å². The van der Waals surface area contributed by atoms with Gasteiger partial charge in [0.25, 0.3) is 10.0 Å². The number of nitrogens with one attached hydrogen (secondary N) is 1. The Hall–Kier alpha value is -3.03. The Morgan fingerprint density at radius 3 is 2.38 bits per heavy atom. The van der Waals surface area contributed by atoms with Crippen molar-refractivity contribution < 1.29 is 17.9 Å². The second-order valence-electron chi connectivity index (χ2n) is 7.17. The zero-order chi connectivity index (χ0) is 23.1. The van der Waals surface area contributed by atoms with Gasteiger partial charge < -0.3 is 10.1 Å². The van der Waals surface area contributed by atoms with Crippen molar-refractivity contribution in [2.45, 2.75) is 18.7 Å². The fourth-order valence-corrected chi connectivity index (χ4v) is 4.81. The minimum atomic E-state index is -3.99. The van der Waals surface area contributed by atoms with E-state index in [0.717, 1.165) is 15.6 Å². The highest BCUT2D eigenvalue weighted by molar-refractivity contribution is 7.92. The quantitative estimate of drug-likeness (QED) is 0.470. The molecule has 0 saturated heterocycles. The molecule has 0 unspecified atom stereocenters. The van der Waals surface area contributed by atoms with E-state index in [2.05, 4.69) is 5.32 Å². The lowest BCUT2D eigenvalue weighted by molar-refractivity contribution is -0.119. The smallest absolute Gasteiger partial charge is 0.264 e. The standard InChI is InChI=1S/C24H25ClN2O4S/c1-18-9-6-7-14-23(18)31-16-15-26-24(28)17-27(22-13-8-12-21(25)19(22)2)32(29,30)20-10-4-3-5-11-20/h3-14H,15-17H2,1-2H3,(H,26,28). The predicted molar refractivity (Wildman–Crippen MR) is 127 cm³/mol. The van der Waals surface area contributed by atoms with E-state index in [4.69, 9.17) is 16.3 Å². The second-order valence-corrected chi connectivity index (χ2v) is 9.44. The van der Waals surface area contributed by atoms with Gasteiger partial charge in [0.2, 0.25) is 5.91 Å². The van der Waals surface area contributed by atoms with Crippen LogP contribution in [0.5, 0.6) is 5.75 Å². The van der Waals surface area contributed by atoms with Gasteiger partial charge in [0.15, 0.2) is 0 Å². The fourth-order valence-electron chi connectivity index (χ4n) is 3.14. The summed E-state index contributed by atoms with van der Waals surface area (Å²) in [5.41, 5.74) is 1.92. The van der Waals surface area contributed by atoms with Crippen molar-refractivity contribution in [3.63, 3.8) is 0 Å². The average Bonchev–Trinajstić information content (AvgIpc) is 2.79. The van der Waals surface area contributed by atoms with Crippen molar-refractivity contribution in [3.05, 3.63) is 88.9 Å². The Labute approximate surface area is 193 Å². The first kappa shape index (κ1) is 23.6. The van der Waals surface area contributed by atoms with Crippen molar-refractivity contribution in [2.75, 3.05) is 24.0 Å². The molecule has 0 bridgehead atoms. The number of rotatable bonds is 9. The molecule has 0 aliphatic heterocycles. The van der Waals surface area contributed by atoms with Crippen molar-refractivity contribution in [2.24, 2.45) is 0 Å². The third-order valence-corrected chi connectivity index (χ3v) is 7.09. The number of carbonyl (C=O) groups is 1. The third-order valence-electron chi connectivity index (χ3n) is 4.90. The van der Waals surface area contributed by atoms with E-state index in [1.165, 1.54) is 12.1 Å². The first-order valence-electron chi connectivity index (χ1n) is 10.1. The molecular weight excluding hydrogens is 448 g/mol. The highest BCUT2D eigenvalue weighted by Crippen LogP contribution is 2.30. The van der Waals surface area contributed by atoms with Crippen LogP contribution in [0.2, 0.25) is 5.02 Å². The van der Waals surface area contributed by atoms with Crippen molar-refractivity contribution in [1.29, 1.82) is 0 Å². The van der Waals surface area contributed by atoms with Crippen LogP contribution in [-0.4, -0.2) is 34.0 Å². The van der Waals surface area contributed by atoms with E-state index in [1.807, 2.05) is 31.2 Å². The zero-order valence-electron chi connectivity index (χ0n) is 17.9. The number of hydrogen-bond acceptors (Lipinski definition) is 4. The van der Waals surface area contributed by atoms with Crippen LogP contribution < -0.4 is 14.4 Å². The summed E-state index contributed by atoms with van der Waals surface area (Å²) < 4.78 is 33.5. The molecule has 6 nitrogen and oxygen atoms in total. The fraction of sp³-hybridized carbons (Fsp3) is 0.208. The summed E-state index contributed by atoms with van der Waals surface area (Å²) in [6.07, 6.45) is 0. The van der Waals surface area contributed by atoms with Gasteiger partial charge in [-0.2, -0.15) is 0 Å². The molecule has 0 aromatic heterocycles. The molecule has 0 heterocycles. The van der Waals surface area contributed by atoms with Crippen LogP contribution in [0.1, 0.15) is 11.1 Å². The first-order valence-corrected chi connectivity index (χ1v) is 11.9. The molecule has 8 heteroatoms. The maximum atomic E-state index is 13.4. The summed E-state index contributed by atoms with van der Waals surface area (Å²) in [6, 6.07) is 20.6. The van der Waals surface area contributed by atoms with E-state index >= 15 is 0 Å². The van der Waals surface area contributed by atoms with E-state index < -0.39 is 15.9 Å². The van der Waals surface area contributed by atoms with E-state index in [0.29, 0.717) is 16.3 Å². The maximum Gasteiger partial charge on any atom is 0.264 e. The van der Waals surface area contributed by atoms with Gasteiger partial charge in [-0.1, -0.05) is 54.1 Å². The number of sulfonamides is 1. The summed E-state index contributed by atoms with van der Waals surface area (Å²) in [5, 5.41) is 3.15. The Morgan fingerprint density at radius 1 is 0.969 bits per heavy atom. The molecule has 32 heavy (non-hydrogen) atoms. The summed E-state index contributed by atoms with van der Waals surface area (Å²) in [5.74, 6) is 0.293. The number of ether oxygens (including phenoxy) is 1. The molecule has 3 aromatic rings. The third kappa shape index (κ3) is 5.60. The number of carbonyl (C=O) groups excluding carboxylic acids is 1. The van der Waals surface area contributed by atoms with E-state index in [1.54, 1.807) is 43.3 Å². The molecular formula is C24H25ClN2O4S. The lowest BCUT2D eigenvalue weighted by Gasteiger charge is -2.26. The van der Waals surface area contributed by atoms with Gasteiger partial charge in [-0.25, -0.2) is 8.42 Å². The Morgan fingerprint density at radius 2 is 1.66 bits per heavy atom. The normalized spacial score (nSPS) is 11.1. The number of aryl methyl sites for hydroxylation is 1. The highest BCUT2D eigenvalue weighted by Gasteiger charge is 2.28. The van der Waals surface area contributed by atoms with Crippen molar-refractivity contribution in [1.82, 2.24) is 5.32 Å². The van der Waals surface area contributed by atoms with Gasteiger partial charge in [0, 0.05) is 5.02 Å². The summed E-state index contributed by atoms with van der Waals surface area (Å²) in [7, 11) is -3.99. The molecule has 1 amide bonds. The molecule has 3 aromatic carbocycles. The number of amides is 1. The van der Waals surface area contributed by atoms with Crippen LogP contribution in [-0.2, 0) is 14.8 Å². The van der Waals surface area contributed by atoms with Crippen LogP contribution in [0.4, 0.5) is 5.69 Å². The van der Waals surface area contributed by atoms with Crippen molar-refractivity contribution in [3.8, 4) is 5.75 Å². The Bertz CT molecular complexity index is 1180. The predicted octanol–water partition coefficient (Wildman–Crippen LogP) is 4.35. The lowest BCUT2D eigenvalue weighted by atomic mass is 10.2.